The molecule has 0 saturated carbocycles. The summed E-state index contributed by atoms with van der Waals surface area (Å²) < 4.78 is 53.0. The van der Waals surface area contributed by atoms with Crippen LogP contribution >= 0.6 is 0 Å². The maximum absolute atomic E-state index is 14.4. The number of benzene rings is 1. The molecule has 0 spiro atoms. The van der Waals surface area contributed by atoms with E-state index in [-0.39, 0.29) is 5.56 Å². The SMILES string of the molecule is CS(=O)(=O)[C@H](CCn1cc(F)c(-c2ccccc2)c(F)c1=O)C(=O)NCO. The van der Waals surface area contributed by atoms with E-state index in [1.807, 2.05) is 5.32 Å². The molecular weight excluding hydrogens is 382 g/mol. The van der Waals surface area contributed by atoms with Crippen molar-refractivity contribution in [1.29, 1.82) is 0 Å². The van der Waals surface area contributed by atoms with Gasteiger partial charge in [-0.25, -0.2) is 17.2 Å². The summed E-state index contributed by atoms with van der Waals surface area (Å²) in [5.74, 6) is -3.26. The average molecular weight is 400 g/mol. The fraction of sp³-hybridized carbons (Fsp3) is 0.294. The lowest BCUT2D eigenvalue weighted by atomic mass is 10.1. The van der Waals surface area contributed by atoms with Crippen LogP contribution in [0.3, 0.4) is 0 Å². The highest BCUT2D eigenvalue weighted by Crippen LogP contribution is 2.23. The van der Waals surface area contributed by atoms with Gasteiger partial charge in [-0.2, -0.15) is 0 Å². The van der Waals surface area contributed by atoms with Gasteiger partial charge >= 0.3 is 0 Å². The highest BCUT2D eigenvalue weighted by molar-refractivity contribution is 7.92. The Bertz CT molecular complexity index is 990. The molecule has 1 atom stereocenters. The summed E-state index contributed by atoms with van der Waals surface area (Å²) in [6.07, 6.45) is 1.20. The van der Waals surface area contributed by atoms with Gasteiger partial charge in [0.25, 0.3) is 5.56 Å². The molecule has 1 aromatic carbocycles. The van der Waals surface area contributed by atoms with E-state index in [1.165, 1.54) is 12.1 Å². The number of sulfone groups is 1. The van der Waals surface area contributed by atoms with E-state index >= 15 is 0 Å². The Balaban J connectivity index is 2.35. The number of amides is 1. The van der Waals surface area contributed by atoms with E-state index in [9.17, 15) is 26.8 Å². The summed E-state index contributed by atoms with van der Waals surface area (Å²) in [5, 5.41) is 9.10. The van der Waals surface area contributed by atoms with E-state index < -0.39 is 63.4 Å². The normalized spacial score (nSPS) is 12.6. The van der Waals surface area contributed by atoms with Crippen LogP contribution in [0.4, 0.5) is 8.78 Å². The van der Waals surface area contributed by atoms with Gasteiger partial charge in [-0.05, 0) is 12.0 Å². The van der Waals surface area contributed by atoms with Gasteiger partial charge in [0.15, 0.2) is 15.7 Å². The first kappa shape index (κ1) is 20.7. The number of aromatic nitrogens is 1. The Hall–Kier alpha value is -2.59. The number of aliphatic hydroxyl groups excluding tert-OH is 1. The smallest absolute Gasteiger partial charge is 0.287 e. The van der Waals surface area contributed by atoms with Crippen LogP contribution in [0.25, 0.3) is 11.1 Å². The van der Waals surface area contributed by atoms with Crippen molar-refractivity contribution < 1.29 is 27.1 Å². The number of carbonyl (C=O) groups is 1. The lowest BCUT2D eigenvalue weighted by Crippen LogP contribution is -2.41. The molecule has 27 heavy (non-hydrogen) atoms. The fourth-order valence-corrected chi connectivity index (χ4v) is 3.63. The van der Waals surface area contributed by atoms with Gasteiger partial charge < -0.3 is 15.0 Å². The Labute approximate surface area is 154 Å². The second-order valence-corrected chi connectivity index (χ2v) is 8.06. The van der Waals surface area contributed by atoms with Gasteiger partial charge in [0.2, 0.25) is 5.91 Å². The van der Waals surface area contributed by atoms with E-state index in [1.54, 1.807) is 18.2 Å². The van der Waals surface area contributed by atoms with Crippen LogP contribution < -0.4 is 10.9 Å². The molecule has 0 radical (unpaired) electrons. The minimum absolute atomic E-state index is 0.188. The molecule has 1 aromatic heterocycles. The summed E-state index contributed by atoms with van der Waals surface area (Å²) >= 11 is 0. The molecule has 2 aromatic rings. The monoisotopic (exact) mass is 400 g/mol. The molecule has 0 aliphatic heterocycles. The number of aryl methyl sites for hydroxylation is 1. The second kappa shape index (κ2) is 8.40. The van der Waals surface area contributed by atoms with Crippen molar-refractivity contribution in [2.75, 3.05) is 13.0 Å². The summed E-state index contributed by atoms with van der Waals surface area (Å²) in [6, 6.07) is 7.68. The zero-order valence-corrected chi connectivity index (χ0v) is 15.2. The standard InChI is InChI=1S/C17H18F2N2O5S/c1-27(25,26)13(16(23)20-10-22)7-8-21-9-12(18)14(15(19)17(21)24)11-5-3-2-4-6-11/h2-6,9,13,22H,7-8,10H2,1H3,(H,20,23)/t13-/m1/s1. The van der Waals surface area contributed by atoms with Crippen molar-refractivity contribution in [3.05, 3.63) is 58.5 Å². The van der Waals surface area contributed by atoms with Crippen LogP contribution in [0.15, 0.2) is 41.3 Å². The summed E-state index contributed by atoms with van der Waals surface area (Å²) in [4.78, 5) is 24.0. The van der Waals surface area contributed by atoms with Gasteiger partial charge in [0, 0.05) is 19.0 Å². The van der Waals surface area contributed by atoms with Crippen molar-refractivity contribution in [1.82, 2.24) is 9.88 Å². The quantitative estimate of drug-likeness (QED) is 0.665. The number of nitrogens with zero attached hydrogens (tertiary/aromatic N) is 1. The predicted molar refractivity (Wildman–Crippen MR) is 94.5 cm³/mol. The zero-order chi connectivity index (χ0) is 20.2. The van der Waals surface area contributed by atoms with Gasteiger partial charge in [-0.15, -0.1) is 0 Å². The summed E-state index contributed by atoms with van der Waals surface area (Å²) in [6.45, 7) is -1.17. The van der Waals surface area contributed by atoms with Crippen LogP contribution in [0.1, 0.15) is 6.42 Å². The number of nitrogens with one attached hydrogen (secondary N) is 1. The first-order chi connectivity index (χ1) is 12.7. The second-order valence-electron chi connectivity index (χ2n) is 5.84. The highest BCUT2D eigenvalue weighted by Gasteiger charge is 2.29. The summed E-state index contributed by atoms with van der Waals surface area (Å²) in [7, 11) is -3.87. The first-order valence-electron chi connectivity index (χ1n) is 7.88. The molecule has 2 rings (SSSR count). The van der Waals surface area contributed by atoms with Crippen LogP contribution in [0.2, 0.25) is 0 Å². The highest BCUT2D eigenvalue weighted by atomic mass is 32.2. The third-order valence-corrected chi connectivity index (χ3v) is 5.42. The van der Waals surface area contributed by atoms with Crippen LogP contribution in [-0.4, -0.2) is 42.2 Å². The van der Waals surface area contributed by atoms with E-state index in [0.29, 0.717) is 4.57 Å². The first-order valence-corrected chi connectivity index (χ1v) is 9.83. The minimum Gasteiger partial charge on any atom is -0.377 e. The minimum atomic E-state index is -3.87. The van der Waals surface area contributed by atoms with Gasteiger partial charge in [-0.3, -0.25) is 9.59 Å². The Morgan fingerprint density at radius 3 is 2.44 bits per heavy atom. The van der Waals surface area contributed by atoms with Crippen molar-refractivity contribution in [3.8, 4) is 11.1 Å². The molecule has 0 fully saturated rings. The van der Waals surface area contributed by atoms with Crippen molar-refractivity contribution in [2.45, 2.75) is 18.2 Å². The maximum Gasteiger partial charge on any atom is 0.287 e. The van der Waals surface area contributed by atoms with E-state index in [2.05, 4.69) is 0 Å². The largest absolute Gasteiger partial charge is 0.377 e. The maximum atomic E-state index is 14.4. The molecule has 10 heteroatoms. The number of halogens is 2. The number of pyridine rings is 1. The molecule has 0 bridgehead atoms. The van der Waals surface area contributed by atoms with E-state index in [4.69, 9.17) is 5.11 Å². The topological polar surface area (TPSA) is 105 Å². The molecule has 0 unspecified atom stereocenters. The van der Waals surface area contributed by atoms with Crippen molar-refractivity contribution in [2.24, 2.45) is 0 Å². The van der Waals surface area contributed by atoms with Crippen LogP contribution in [-0.2, 0) is 21.2 Å². The molecule has 0 aliphatic rings. The van der Waals surface area contributed by atoms with Crippen LogP contribution in [0.5, 0.6) is 0 Å². The predicted octanol–water partition coefficient (Wildman–Crippen LogP) is 0.663. The third-order valence-electron chi connectivity index (χ3n) is 3.93. The Kier molecular flexibility index (Phi) is 6.45. The molecule has 0 aliphatic carbocycles. The van der Waals surface area contributed by atoms with Gasteiger partial charge in [0.1, 0.15) is 17.8 Å². The number of hydrogen-bond donors (Lipinski definition) is 2. The fourth-order valence-electron chi connectivity index (χ4n) is 2.62. The molecule has 1 heterocycles. The van der Waals surface area contributed by atoms with E-state index in [0.717, 1.165) is 12.5 Å². The third kappa shape index (κ3) is 4.77. The van der Waals surface area contributed by atoms with Crippen molar-refractivity contribution in [3.63, 3.8) is 0 Å². The van der Waals surface area contributed by atoms with Gasteiger partial charge in [0.05, 0.1) is 5.56 Å². The summed E-state index contributed by atoms with van der Waals surface area (Å²) in [5.41, 5.74) is -1.42. The Morgan fingerprint density at radius 1 is 1.26 bits per heavy atom. The number of carbonyl (C=O) groups excluding carboxylic acids is 1. The molecule has 1 amide bonds. The van der Waals surface area contributed by atoms with Crippen molar-refractivity contribution >= 4 is 15.7 Å². The molecule has 0 saturated heterocycles. The Morgan fingerprint density at radius 2 is 1.89 bits per heavy atom. The number of rotatable bonds is 7. The van der Waals surface area contributed by atoms with Crippen LogP contribution in [0, 0.1) is 11.6 Å². The molecule has 2 N–H and O–H groups in total. The lowest BCUT2D eigenvalue weighted by molar-refractivity contribution is -0.121. The molecule has 7 nitrogen and oxygen atoms in total. The molecule has 146 valence electrons. The zero-order valence-electron chi connectivity index (χ0n) is 14.4. The molecular formula is C17H18F2N2O5S. The number of hydrogen-bond acceptors (Lipinski definition) is 5. The van der Waals surface area contributed by atoms with Gasteiger partial charge in [-0.1, -0.05) is 30.3 Å². The lowest BCUT2D eigenvalue weighted by Gasteiger charge is -2.16. The average Bonchev–Trinajstić information content (AvgIpc) is 2.59. The number of aliphatic hydroxyl groups is 1.